The molecule has 1 aliphatic rings. The molecule has 39 heavy (non-hydrogen) atoms. The summed E-state index contributed by atoms with van der Waals surface area (Å²) >= 11 is 5.88. The molecule has 6 rings (SSSR count). The van der Waals surface area contributed by atoms with Crippen LogP contribution in [0, 0.1) is 0 Å². The van der Waals surface area contributed by atoms with E-state index in [9.17, 15) is 9.90 Å². The Bertz CT molecular complexity index is 1600. The van der Waals surface area contributed by atoms with Gasteiger partial charge < -0.3 is 24.6 Å². The van der Waals surface area contributed by atoms with Crippen LogP contribution in [0.3, 0.4) is 0 Å². The molecular weight excluding hydrogens is 508 g/mol. The normalized spacial score (nSPS) is 16.6. The topological polar surface area (TPSA) is 79.6 Å². The zero-order valence-corrected chi connectivity index (χ0v) is 21.5. The predicted octanol–water partition coefficient (Wildman–Crippen LogP) is 6.54. The van der Waals surface area contributed by atoms with E-state index in [0.29, 0.717) is 5.11 Å². The summed E-state index contributed by atoms with van der Waals surface area (Å²) in [6, 6.07) is 33.8. The van der Waals surface area contributed by atoms with E-state index in [1.54, 1.807) is 18.3 Å². The van der Waals surface area contributed by atoms with Gasteiger partial charge in [-0.3, -0.25) is 4.98 Å². The van der Waals surface area contributed by atoms with Crippen molar-refractivity contribution in [1.29, 1.82) is 0 Å². The smallest absolute Gasteiger partial charge is 0.335 e. The Hall–Kier alpha value is -4.95. The second-order valence-electron chi connectivity index (χ2n) is 9.06. The summed E-state index contributed by atoms with van der Waals surface area (Å²) in [6.07, 6.45) is 3.75. The number of ether oxygens (including phenoxy) is 1. The minimum atomic E-state index is -0.958. The van der Waals surface area contributed by atoms with Gasteiger partial charge >= 0.3 is 5.97 Å². The zero-order valence-electron chi connectivity index (χ0n) is 20.7. The number of benzene rings is 3. The van der Waals surface area contributed by atoms with Crippen molar-refractivity contribution in [2.24, 2.45) is 0 Å². The van der Waals surface area contributed by atoms with Gasteiger partial charge in [0.15, 0.2) is 5.11 Å². The van der Waals surface area contributed by atoms with Gasteiger partial charge in [0.2, 0.25) is 0 Å². The summed E-state index contributed by atoms with van der Waals surface area (Å²) in [5, 5.41) is 13.4. The average Bonchev–Trinajstić information content (AvgIpc) is 3.59. The molecule has 0 radical (unpaired) electrons. The van der Waals surface area contributed by atoms with Crippen molar-refractivity contribution in [3.63, 3.8) is 0 Å². The average molecular weight is 533 g/mol. The summed E-state index contributed by atoms with van der Waals surface area (Å²) in [5.41, 5.74) is 3.84. The van der Waals surface area contributed by atoms with Gasteiger partial charge in [-0.1, -0.05) is 24.3 Å². The summed E-state index contributed by atoms with van der Waals surface area (Å²) < 4.78 is 8.05. The molecular formula is C31H24N4O3S. The highest BCUT2D eigenvalue weighted by Gasteiger charge is 2.42. The minimum Gasteiger partial charge on any atom is -0.478 e. The third-order valence-corrected chi connectivity index (χ3v) is 6.98. The Morgan fingerprint density at radius 2 is 1.51 bits per heavy atom. The first-order valence-corrected chi connectivity index (χ1v) is 12.8. The Morgan fingerprint density at radius 1 is 0.821 bits per heavy atom. The molecule has 0 amide bonds. The molecule has 2 atom stereocenters. The lowest BCUT2D eigenvalue weighted by Gasteiger charge is -2.29. The number of thiocarbonyl (C=S) groups is 1. The maximum atomic E-state index is 11.4. The van der Waals surface area contributed by atoms with Crippen LogP contribution in [0.25, 0.3) is 5.69 Å². The second kappa shape index (κ2) is 10.4. The molecule has 2 aromatic heterocycles. The van der Waals surface area contributed by atoms with Crippen molar-refractivity contribution in [2.45, 2.75) is 12.1 Å². The largest absolute Gasteiger partial charge is 0.478 e. The quantitative estimate of drug-likeness (QED) is 0.230. The Labute approximate surface area is 230 Å². The van der Waals surface area contributed by atoms with E-state index in [0.717, 1.165) is 34.3 Å². The lowest BCUT2D eigenvalue weighted by molar-refractivity contribution is 0.0697. The maximum Gasteiger partial charge on any atom is 0.335 e. The highest BCUT2D eigenvalue weighted by Crippen LogP contribution is 2.42. The first-order valence-electron chi connectivity index (χ1n) is 12.4. The van der Waals surface area contributed by atoms with Gasteiger partial charge in [-0.05, 0) is 97.1 Å². The SMILES string of the molecule is O=C(O)c1ccc(-n2cccc2[C@@H]2[C@@H](c3ccccn3)NC(=S)N2c2ccc(Oc3ccccc3)cc2)cc1. The number of aromatic carboxylic acids is 1. The second-order valence-corrected chi connectivity index (χ2v) is 9.45. The molecule has 1 saturated heterocycles. The third-order valence-electron chi connectivity index (χ3n) is 6.67. The van der Waals surface area contributed by atoms with E-state index >= 15 is 0 Å². The summed E-state index contributed by atoms with van der Waals surface area (Å²) in [6.45, 7) is 0. The number of rotatable bonds is 7. The molecule has 0 aliphatic carbocycles. The van der Waals surface area contributed by atoms with E-state index in [1.807, 2.05) is 97.2 Å². The molecule has 8 heteroatoms. The summed E-state index contributed by atoms with van der Waals surface area (Å²) in [5.74, 6) is 0.534. The number of carboxylic acid groups (broad SMARTS) is 1. The van der Waals surface area contributed by atoms with Crippen LogP contribution in [0.2, 0.25) is 0 Å². The fourth-order valence-electron chi connectivity index (χ4n) is 4.87. The molecule has 2 N–H and O–H groups in total. The van der Waals surface area contributed by atoms with Crippen LogP contribution >= 0.6 is 12.2 Å². The summed E-state index contributed by atoms with van der Waals surface area (Å²) in [4.78, 5) is 18.1. The van der Waals surface area contributed by atoms with Gasteiger partial charge in [-0.25, -0.2) is 4.79 Å². The molecule has 1 aliphatic heterocycles. The molecule has 0 bridgehead atoms. The van der Waals surface area contributed by atoms with Crippen LogP contribution in [-0.4, -0.2) is 25.7 Å². The number of nitrogens with zero attached hydrogens (tertiary/aromatic N) is 3. The fourth-order valence-corrected chi connectivity index (χ4v) is 5.21. The van der Waals surface area contributed by atoms with Gasteiger partial charge in [0.1, 0.15) is 17.5 Å². The zero-order chi connectivity index (χ0) is 26.8. The highest BCUT2D eigenvalue weighted by atomic mass is 32.1. The predicted molar refractivity (Wildman–Crippen MR) is 154 cm³/mol. The van der Waals surface area contributed by atoms with Crippen LogP contribution in [-0.2, 0) is 0 Å². The van der Waals surface area contributed by atoms with Gasteiger partial charge in [-0.15, -0.1) is 0 Å². The van der Waals surface area contributed by atoms with Crippen molar-refractivity contribution < 1.29 is 14.6 Å². The molecule has 7 nitrogen and oxygen atoms in total. The Morgan fingerprint density at radius 3 is 2.21 bits per heavy atom. The molecule has 5 aromatic rings. The van der Waals surface area contributed by atoms with E-state index in [1.165, 1.54) is 0 Å². The summed E-state index contributed by atoms with van der Waals surface area (Å²) in [7, 11) is 0. The van der Waals surface area contributed by atoms with Gasteiger partial charge in [0.05, 0.1) is 17.3 Å². The van der Waals surface area contributed by atoms with Crippen molar-refractivity contribution >= 4 is 29.0 Å². The van der Waals surface area contributed by atoms with E-state index < -0.39 is 5.97 Å². The molecule has 3 heterocycles. The van der Waals surface area contributed by atoms with E-state index in [-0.39, 0.29) is 17.6 Å². The Kier molecular flexibility index (Phi) is 6.52. The molecule has 3 aromatic carbocycles. The molecule has 0 unspecified atom stereocenters. The lowest BCUT2D eigenvalue weighted by atomic mass is 10.0. The maximum absolute atomic E-state index is 11.4. The van der Waals surface area contributed by atoms with Crippen LogP contribution in [0.1, 0.15) is 33.8 Å². The number of para-hydroxylation sites is 1. The molecule has 0 spiro atoms. The van der Waals surface area contributed by atoms with Gasteiger partial charge in [0.25, 0.3) is 0 Å². The van der Waals surface area contributed by atoms with Crippen LogP contribution in [0.15, 0.2) is 122 Å². The van der Waals surface area contributed by atoms with Gasteiger partial charge in [0, 0.05) is 29.5 Å². The third kappa shape index (κ3) is 4.85. The number of hydrogen-bond donors (Lipinski definition) is 2. The van der Waals surface area contributed by atoms with Gasteiger partial charge in [-0.2, -0.15) is 0 Å². The lowest BCUT2D eigenvalue weighted by Crippen LogP contribution is -2.30. The van der Waals surface area contributed by atoms with Crippen molar-refractivity contribution in [3.8, 4) is 17.2 Å². The standard InChI is InChI=1S/C31H24N4O3S/c36-30(37)21-11-13-22(14-12-21)34-20-6-10-27(34)29-28(26-9-4-5-19-32-26)33-31(39)35(29)23-15-17-25(18-16-23)38-24-7-2-1-3-8-24/h1-20,28-29H,(H,33,39)(H,36,37)/t28-,29-/m1/s1. The van der Waals surface area contributed by atoms with Crippen LogP contribution in [0.5, 0.6) is 11.5 Å². The molecule has 192 valence electrons. The monoisotopic (exact) mass is 532 g/mol. The first-order chi connectivity index (χ1) is 19.1. The first kappa shape index (κ1) is 24.4. The number of nitrogens with one attached hydrogen (secondary N) is 1. The van der Waals surface area contributed by atoms with E-state index in [2.05, 4.69) is 25.8 Å². The fraction of sp³-hybridized carbons (Fsp3) is 0.0645. The molecule has 0 saturated carbocycles. The number of hydrogen-bond acceptors (Lipinski definition) is 4. The number of pyridine rings is 1. The van der Waals surface area contributed by atoms with Crippen LogP contribution in [0.4, 0.5) is 5.69 Å². The highest BCUT2D eigenvalue weighted by molar-refractivity contribution is 7.80. The number of carboxylic acids is 1. The number of aromatic nitrogens is 2. The van der Waals surface area contributed by atoms with E-state index in [4.69, 9.17) is 17.0 Å². The molecule has 1 fully saturated rings. The minimum absolute atomic E-state index is 0.217. The van der Waals surface area contributed by atoms with Crippen molar-refractivity contribution in [2.75, 3.05) is 4.90 Å². The van der Waals surface area contributed by atoms with Crippen LogP contribution < -0.4 is 15.0 Å². The van der Waals surface area contributed by atoms with Crippen molar-refractivity contribution in [3.05, 3.63) is 139 Å². The number of anilines is 1. The Balaban J connectivity index is 1.39. The number of carbonyl (C=O) groups is 1. The van der Waals surface area contributed by atoms with Crippen molar-refractivity contribution in [1.82, 2.24) is 14.9 Å².